The van der Waals surface area contributed by atoms with Gasteiger partial charge in [0.15, 0.2) is 23.0 Å². The minimum Gasteiger partial charge on any atom is -0.493 e. The van der Waals surface area contributed by atoms with E-state index in [1.807, 2.05) is 30.3 Å². The quantitative estimate of drug-likeness (QED) is 0.605. The molecule has 0 radical (unpaired) electrons. The van der Waals surface area contributed by atoms with Gasteiger partial charge in [0.1, 0.15) is 0 Å². The van der Waals surface area contributed by atoms with E-state index in [-0.39, 0.29) is 24.9 Å². The van der Waals surface area contributed by atoms with Crippen molar-refractivity contribution in [3.63, 3.8) is 0 Å². The molecule has 2 aromatic rings. The van der Waals surface area contributed by atoms with Crippen molar-refractivity contribution in [1.29, 1.82) is 0 Å². The number of benzene rings is 2. The monoisotopic (exact) mass is 424 g/mol. The molecule has 2 saturated heterocycles. The first kappa shape index (κ1) is 20.2. The van der Waals surface area contributed by atoms with E-state index in [9.17, 15) is 0 Å². The second kappa shape index (κ2) is 8.44. The Bertz CT molecular complexity index is 968. The van der Waals surface area contributed by atoms with Crippen LogP contribution in [0.3, 0.4) is 0 Å². The number of methoxy groups -OCH3 is 1. The van der Waals surface area contributed by atoms with Gasteiger partial charge in [0.2, 0.25) is 6.79 Å². The number of fused-ring (bicyclic) bond motifs is 2. The van der Waals surface area contributed by atoms with E-state index in [1.54, 1.807) is 13.4 Å². The summed E-state index contributed by atoms with van der Waals surface area (Å²) >= 11 is 0. The molecule has 0 amide bonds. The number of hydrogen-bond donors (Lipinski definition) is 0. The third kappa shape index (κ3) is 3.86. The fourth-order valence-corrected chi connectivity index (χ4v) is 4.55. The van der Waals surface area contributed by atoms with E-state index in [0.29, 0.717) is 36.5 Å². The molecule has 4 unspecified atom stereocenters. The van der Waals surface area contributed by atoms with Crippen LogP contribution in [0.25, 0.3) is 0 Å². The van der Waals surface area contributed by atoms with Gasteiger partial charge in [-0.2, -0.15) is 0 Å². The molecular weight excluding hydrogens is 396 g/mol. The molecule has 0 aliphatic carbocycles. The SMILES string of the molecule is COc1cc(C2OCC3C(c4ccc5c(c4)OCO5)OCC23)ccc1O/C=C\C(C)C. The van der Waals surface area contributed by atoms with Crippen molar-refractivity contribution in [3.8, 4) is 23.0 Å². The molecule has 2 fully saturated rings. The molecule has 3 aliphatic rings. The third-order valence-corrected chi connectivity index (χ3v) is 6.16. The van der Waals surface area contributed by atoms with Crippen molar-refractivity contribution >= 4 is 0 Å². The van der Waals surface area contributed by atoms with Crippen LogP contribution in [-0.2, 0) is 9.47 Å². The van der Waals surface area contributed by atoms with Gasteiger partial charge in [0.05, 0.1) is 38.8 Å². The predicted molar refractivity (Wildman–Crippen MR) is 115 cm³/mol. The molecule has 2 aromatic carbocycles. The summed E-state index contributed by atoms with van der Waals surface area (Å²) < 4.78 is 34.8. The van der Waals surface area contributed by atoms with Crippen molar-refractivity contribution < 1.29 is 28.4 Å². The van der Waals surface area contributed by atoms with Crippen LogP contribution in [0, 0.1) is 17.8 Å². The van der Waals surface area contributed by atoms with E-state index in [0.717, 1.165) is 22.6 Å². The standard InChI is InChI=1S/C25H28O6/c1-15(2)8-9-27-20-6-4-16(10-22(20)26-3)24-18-12-29-25(19(18)13-28-24)17-5-7-21-23(11-17)31-14-30-21/h4-11,15,18-19,24-25H,12-14H2,1-3H3/b9-8-. The first-order chi connectivity index (χ1) is 15.1. The minimum absolute atomic E-state index is 0.00447. The van der Waals surface area contributed by atoms with Crippen molar-refractivity contribution in [2.24, 2.45) is 17.8 Å². The van der Waals surface area contributed by atoms with Crippen LogP contribution in [0.2, 0.25) is 0 Å². The smallest absolute Gasteiger partial charge is 0.231 e. The molecule has 31 heavy (non-hydrogen) atoms. The Balaban J connectivity index is 1.33. The maximum atomic E-state index is 6.26. The maximum absolute atomic E-state index is 6.26. The summed E-state index contributed by atoms with van der Waals surface area (Å²) in [5.74, 6) is 3.97. The molecule has 0 spiro atoms. The summed E-state index contributed by atoms with van der Waals surface area (Å²) in [6.07, 6.45) is 3.68. The van der Waals surface area contributed by atoms with Gasteiger partial charge in [-0.1, -0.05) is 26.0 Å². The highest BCUT2D eigenvalue weighted by molar-refractivity contribution is 5.46. The number of hydrogen-bond acceptors (Lipinski definition) is 6. The zero-order valence-electron chi connectivity index (χ0n) is 18.1. The molecule has 0 bridgehead atoms. The van der Waals surface area contributed by atoms with Gasteiger partial charge in [-0.05, 0) is 47.4 Å². The lowest BCUT2D eigenvalue weighted by atomic mass is 9.85. The van der Waals surface area contributed by atoms with Crippen LogP contribution in [0.5, 0.6) is 23.0 Å². The molecule has 6 nitrogen and oxygen atoms in total. The molecule has 3 heterocycles. The summed E-state index contributed by atoms with van der Waals surface area (Å²) in [5, 5.41) is 0. The maximum Gasteiger partial charge on any atom is 0.231 e. The number of allylic oxidation sites excluding steroid dienone is 1. The Morgan fingerprint density at radius 1 is 0.871 bits per heavy atom. The summed E-state index contributed by atoms with van der Waals surface area (Å²) in [5.41, 5.74) is 2.19. The highest BCUT2D eigenvalue weighted by Crippen LogP contribution is 2.51. The van der Waals surface area contributed by atoms with Crippen molar-refractivity contribution in [1.82, 2.24) is 0 Å². The third-order valence-electron chi connectivity index (χ3n) is 6.16. The van der Waals surface area contributed by atoms with E-state index >= 15 is 0 Å². The van der Waals surface area contributed by atoms with Gasteiger partial charge >= 0.3 is 0 Å². The molecule has 0 N–H and O–H groups in total. The lowest BCUT2D eigenvalue weighted by molar-refractivity contribution is 0.0191. The van der Waals surface area contributed by atoms with Crippen LogP contribution in [-0.4, -0.2) is 27.1 Å². The van der Waals surface area contributed by atoms with Crippen molar-refractivity contribution in [2.45, 2.75) is 26.1 Å². The summed E-state index contributed by atoms with van der Waals surface area (Å²) in [7, 11) is 1.66. The number of ether oxygens (including phenoxy) is 6. The Kier molecular flexibility index (Phi) is 5.50. The van der Waals surface area contributed by atoms with Gasteiger partial charge in [-0.15, -0.1) is 0 Å². The van der Waals surface area contributed by atoms with E-state index in [2.05, 4.69) is 26.0 Å². The Hall–Kier alpha value is -2.70. The van der Waals surface area contributed by atoms with Gasteiger partial charge < -0.3 is 28.4 Å². The van der Waals surface area contributed by atoms with Gasteiger partial charge in [0.25, 0.3) is 0 Å². The first-order valence-electron chi connectivity index (χ1n) is 10.8. The second-order valence-corrected chi connectivity index (χ2v) is 8.55. The number of rotatable bonds is 6. The average Bonchev–Trinajstić information content (AvgIpc) is 3.49. The molecule has 6 heteroatoms. The van der Waals surface area contributed by atoms with Crippen molar-refractivity contribution in [3.05, 3.63) is 59.9 Å². The highest BCUT2D eigenvalue weighted by atomic mass is 16.7. The van der Waals surface area contributed by atoms with Crippen LogP contribution in [0.15, 0.2) is 48.7 Å². The summed E-state index contributed by atoms with van der Waals surface area (Å²) in [6.45, 7) is 5.80. The highest BCUT2D eigenvalue weighted by Gasteiger charge is 2.48. The summed E-state index contributed by atoms with van der Waals surface area (Å²) in [4.78, 5) is 0. The first-order valence-corrected chi connectivity index (χ1v) is 10.8. The van der Waals surface area contributed by atoms with Gasteiger partial charge in [0, 0.05) is 11.8 Å². The molecule has 0 aromatic heterocycles. The lowest BCUT2D eigenvalue weighted by Crippen LogP contribution is -2.14. The van der Waals surface area contributed by atoms with Crippen LogP contribution >= 0.6 is 0 Å². The predicted octanol–water partition coefficient (Wildman–Crippen LogP) is 5.05. The zero-order chi connectivity index (χ0) is 21.4. The molecule has 5 rings (SSSR count). The van der Waals surface area contributed by atoms with E-state index < -0.39 is 0 Å². The average molecular weight is 424 g/mol. The molecular formula is C25H28O6. The largest absolute Gasteiger partial charge is 0.493 e. The Morgan fingerprint density at radius 3 is 2.26 bits per heavy atom. The molecule has 0 saturated carbocycles. The van der Waals surface area contributed by atoms with Crippen LogP contribution in [0.1, 0.15) is 37.2 Å². The Morgan fingerprint density at radius 2 is 1.55 bits per heavy atom. The van der Waals surface area contributed by atoms with Gasteiger partial charge in [-0.25, -0.2) is 0 Å². The minimum atomic E-state index is -0.0295. The topological polar surface area (TPSA) is 55.4 Å². The fourth-order valence-electron chi connectivity index (χ4n) is 4.55. The molecule has 3 aliphatic heterocycles. The Labute approximate surface area is 182 Å². The fraction of sp³-hybridized carbons (Fsp3) is 0.440. The van der Waals surface area contributed by atoms with Crippen molar-refractivity contribution in [2.75, 3.05) is 27.1 Å². The lowest BCUT2D eigenvalue weighted by Gasteiger charge is -2.18. The molecule has 164 valence electrons. The second-order valence-electron chi connectivity index (χ2n) is 8.55. The van der Waals surface area contributed by atoms with Gasteiger partial charge in [-0.3, -0.25) is 0 Å². The van der Waals surface area contributed by atoms with Crippen LogP contribution < -0.4 is 18.9 Å². The zero-order valence-corrected chi connectivity index (χ0v) is 18.1. The molecule has 4 atom stereocenters. The normalized spacial score (nSPS) is 26.6. The van der Waals surface area contributed by atoms with E-state index in [1.165, 1.54) is 0 Å². The van der Waals surface area contributed by atoms with Crippen LogP contribution in [0.4, 0.5) is 0 Å². The van der Waals surface area contributed by atoms with E-state index in [4.69, 9.17) is 28.4 Å². The summed E-state index contributed by atoms with van der Waals surface area (Å²) in [6, 6.07) is 12.1.